The van der Waals surface area contributed by atoms with Gasteiger partial charge >= 0.3 is 0 Å². The van der Waals surface area contributed by atoms with Gasteiger partial charge in [-0.1, -0.05) is 41.4 Å². The van der Waals surface area contributed by atoms with Crippen LogP contribution in [0.2, 0.25) is 10.0 Å². The maximum atomic E-state index is 12.9. The van der Waals surface area contributed by atoms with Crippen LogP contribution in [0.1, 0.15) is 5.56 Å². The third-order valence-corrected chi connectivity index (χ3v) is 9.14. The minimum absolute atomic E-state index is 0.0635. The van der Waals surface area contributed by atoms with Crippen molar-refractivity contribution in [3.63, 3.8) is 0 Å². The highest BCUT2D eigenvalue weighted by Crippen LogP contribution is 2.27. The summed E-state index contributed by atoms with van der Waals surface area (Å²) in [5.41, 5.74) is 0.779. The predicted molar refractivity (Wildman–Crippen MR) is 103 cm³/mol. The van der Waals surface area contributed by atoms with Crippen LogP contribution in [-0.2, 0) is 26.2 Å². The van der Waals surface area contributed by atoms with E-state index in [2.05, 4.69) is 5.32 Å². The van der Waals surface area contributed by atoms with Crippen molar-refractivity contribution in [3.8, 4) is 0 Å². The third-order valence-electron chi connectivity index (χ3n) is 4.35. The molecule has 2 aromatic rings. The van der Waals surface area contributed by atoms with E-state index < -0.39 is 36.7 Å². The fourth-order valence-electron chi connectivity index (χ4n) is 2.99. The first kappa shape index (κ1) is 19.6. The average molecular weight is 434 g/mol. The largest absolute Gasteiger partial charge is 0.308 e. The van der Waals surface area contributed by atoms with Crippen LogP contribution in [0.4, 0.5) is 0 Å². The molecule has 1 heterocycles. The van der Waals surface area contributed by atoms with Crippen molar-refractivity contribution in [2.75, 3.05) is 11.5 Å². The molecule has 0 amide bonds. The van der Waals surface area contributed by atoms with Crippen LogP contribution in [0.5, 0.6) is 0 Å². The smallest absolute Gasteiger partial charge is 0.183 e. The number of hydrogen-bond acceptors (Lipinski definition) is 5. The molecule has 0 bridgehead atoms. The lowest BCUT2D eigenvalue weighted by Gasteiger charge is -2.20. The molecule has 0 spiro atoms. The lowest BCUT2D eigenvalue weighted by molar-refractivity contribution is 0.526. The number of halogens is 2. The molecule has 0 radical (unpaired) electrons. The number of nitrogens with one attached hydrogen (secondary N) is 1. The van der Waals surface area contributed by atoms with E-state index in [1.165, 1.54) is 24.3 Å². The van der Waals surface area contributed by atoms with Crippen molar-refractivity contribution in [1.82, 2.24) is 5.32 Å². The zero-order valence-corrected chi connectivity index (χ0v) is 16.7. The fraction of sp³-hybridized carbons (Fsp3) is 0.294. The molecule has 1 N–H and O–H groups in total. The average Bonchev–Trinajstić information content (AvgIpc) is 2.90. The summed E-state index contributed by atoms with van der Waals surface area (Å²) in [6, 6.07) is 12.2. The van der Waals surface area contributed by atoms with Crippen LogP contribution in [0.3, 0.4) is 0 Å². The molecule has 1 aliphatic rings. The monoisotopic (exact) mass is 433 g/mol. The Balaban J connectivity index is 1.86. The van der Waals surface area contributed by atoms with Crippen LogP contribution < -0.4 is 5.32 Å². The van der Waals surface area contributed by atoms with Crippen molar-refractivity contribution in [1.29, 1.82) is 0 Å². The molecule has 2 atom stereocenters. The fourth-order valence-corrected chi connectivity index (χ4v) is 8.04. The maximum absolute atomic E-state index is 12.9. The number of rotatable bonds is 5. The van der Waals surface area contributed by atoms with Crippen LogP contribution in [-0.4, -0.2) is 39.6 Å². The van der Waals surface area contributed by atoms with Gasteiger partial charge in [-0.25, -0.2) is 16.8 Å². The number of sulfone groups is 2. The summed E-state index contributed by atoms with van der Waals surface area (Å²) >= 11 is 11.9. The van der Waals surface area contributed by atoms with Gasteiger partial charge < -0.3 is 5.32 Å². The van der Waals surface area contributed by atoms with Crippen molar-refractivity contribution in [2.45, 2.75) is 22.7 Å². The Kier molecular flexibility index (Phi) is 5.65. The Morgan fingerprint density at radius 1 is 1.00 bits per heavy atom. The van der Waals surface area contributed by atoms with Gasteiger partial charge in [0.05, 0.1) is 21.7 Å². The molecule has 1 saturated heterocycles. The molecule has 9 heteroatoms. The zero-order chi connectivity index (χ0) is 18.9. The highest BCUT2D eigenvalue weighted by molar-refractivity contribution is 7.96. The van der Waals surface area contributed by atoms with Crippen molar-refractivity contribution in [3.05, 3.63) is 64.1 Å². The van der Waals surface area contributed by atoms with Gasteiger partial charge in [0.1, 0.15) is 0 Å². The van der Waals surface area contributed by atoms with Crippen LogP contribution in [0.15, 0.2) is 53.4 Å². The molecule has 3 rings (SSSR count). The highest BCUT2D eigenvalue weighted by Gasteiger charge is 2.45. The molecule has 26 heavy (non-hydrogen) atoms. The Morgan fingerprint density at radius 3 is 2.31 bits per heavy atom. The van der Waals surface area contributed by atoms with Gasteiger partial charge in [0, 0.05) is 22.6 Å². The second-order valence-electron chi connectivity index (χ2n) is 6.19. The summed E-state index contributed by atoms with van der Waals surface area (Å²) in [6.07, 6.45) is 0. The zero-order valence-electron chi connectivity index (χ0n) is 13.6. The third kappa shape index (κ3) is 4.23. The van der Waals surface area contributed by atoms with Gasteiger partial charge in [-0.05, 0) is 35.9 Å². The van der Waals surface area contributed by atoms with E-state index in [4.69, 9.17) is 23.2 Å². The van der Waals surface area contributed by atoms with Crippen molar-refractivity contribution >= 4 is 42.9 Å². The molecule has 0 aromatic heterocycles. The first-order chi connectivity index (χ1) is 12.2. The lowest BCUT2D eigenvalue weighted by Crippen LogP contribution is -2.43. The molecule has 1 aliphatic heterocycles. The first-order valence-corrected chi connectivity index (χ1v) is 12.0. The van der Waals surface area contributed by atoms with E-state index in [1.54, 1.807) is 12.1 Å². The number of benzene rings is 2. The maximum Gasteiger partial charge on any atom is 0.183 e. The van der Waals surface area contributed by atoms with E-state index in [1.807, 2.05) is 12.1 Å². The summed E-state index contributed by atoms with van der Waals surface area (Å²) in [7, 11) is -7.28. The van der Waals surface area contributed by atoms with Crippen LogP contribution in [0.25, 0.3) is 0 Å². The van der Waals surface area contributed by atoms with Crippen molar-refractivity contribution in [2.24, 2.45) is 0 Å². The van der Waals surface area contributed by atoms with E-state index in [-0.39, 0.29) is 17.2 Å². The van der Waals surface area contributed by atoms with Gasteiger partial charge in [0.25, 0.3) is 0 Å². The van der Waals surface area contributed by atoms with E-state index >= 15 is 0 Å². The van der Waals surface area contributed by atoms with Gasteiger partial charge in [0.15, 0.2) is 19.7 Å². The quantitative estimate of drug-likeness (QED) is 0.783. The normalized spacial score (nSPS) is 22.4. The van der Waals surface area contributed by atoms with Gasteiger partial charge in [0.2, 0.25) is 0 Å². The molecule has 0 aliphatic carbocycles. The molecular formula is C17H17Cl2NO4S2. The second kappa shape index (κ2) is 7.48. The molecule has 0 unspecified atom stereocenters. The minimum Gasteiger partial charge on any atom is -0.308 e. The SMILES string of the molecule is O=S1(=O)C[C@H](NCc2ccccc2Cl)[C@@H](S(=O)(=O)c2ccc(Cl)cc2)C1. The Labute approximate surface area is 163 Å². The summed E-state index contributed by atoms with van der Waals surface area (Å²) in [5.74, 6) is -0.632. The highest BCUT2D eigenvalue weighted by atomic mass is 35.5. The molecule has 2 aromatic carbocycles. The molecule has 140 valence electrons. The Morgan fingerprint density at radius 2 is 1.65 bits per heavy atom. The lowest BCUT2D eigenvalue weighted by atomic mass is 10.2. The molecule has 1 fully saturated rings. The van der Waals surface area contributed by atoms with Gasteiger partial charge in [-0.2, -0.15) is 0 Å². The van der Waals surface area contributed by atoms with Crippen LogP contribution in [0, 0.1) is 0 Å². The standard InChI is InChI=1S/C17H17Cl2NO4S2/c18-13-5-7-14(8-6-13)26(23,24)17-11-25(21,22)10-16(17)20-9-12-3-1-2-4-15(12)19/h1-8,16-17,20H,9-11H2/t16-,17-/m0/s1. The first-order valence-electron chi connectivity index (χ1n) is 7.86. The molecule has 5 nitrogen and oxygen atoms in total. The Bertz CT molecular complexity index is 1010. The van der Waals surface area contributed by atoms with Gasteiger partial charge in [-0.3, -0.25) is 0 Å². The Hall–Kier alpha value is -1.12. The van der Waals surface area contributed by atoms with Crippen molar-refractivity contribution < 1.29 is 16.8 Å². The molecule has 0 saturated carbocycles. The topological polar surface area (TPSA) is 80.3 Å². The molecular weight excluding hydrogens is 417 g/mol. The number of hydrogen-bond donors (Lipinski definition) is 1. The minimum atomic E-state index is -3.82. The van der Waals surface area contributed by atoms with E-state index in [0.717, 1.165) is 5.56 Å². The van der Waals surface area contributed by atoms with Crippen LogP contribution >= 0.6 is 23.2 Å². The predicted octanol–water partition coefficient (Wildman–Crippen LogP) is 2.72. The van der Waals surface area contributed by atoms with E-state index in [9.17, 15) is 16.8 Å². The summed E-state index contributed by atoms with van der Waals surface area (Å²) in [5, 5.41) is 2.96. The summed E-state index contributed by atoms with van der Waals surface area (Å²) in [6.45, 7) is 0.284. The second-order valence-corrected chi connectivity index (χ2v) is 11.4. The van der Waals surface area contributed by atoms with E-state index in [0.29, 0.717) is 10.0 Å². The van der Waals surface area contributed by atoms with Gasteiger partial charge in [-0.15, -0.1) is 0 Å². The summed E-state index contributed by atoms with van der Waals surface area (Å²) in [4.78, 5) is 0.0635. The summed E-state index contributed by atoms with van der Waals surface area (Å²) < 4.78 is 50.1.